The summed E-state index contributed by atoms with van der Waals surface area (Å²) in [7, 11) is 0. The maximum atomic E-state index is 12.0. The normalized spacial score (nSPS) is 11.9. The number of hydrogen-bond donors (Lipinski definition) is 2. The number of carboxylic acids is 1. The Morgan fingerprint density at radius 2 is 2.00 bits per heavy atom. The van der Waals surface area contributed by atoms with Gasteiger partial charge in [-0.2, -0.15) is 0 Å². The van der Waals surface area contributed by atoms with Crippen molar-refractivity contribution >= 4 is 11.9 Å². The summed E-state index contributed by atoms with van der Waals surface area (Å²) in [6.07, 6.45) is 0.142. The number of carbonyl (C=O) groups is 2. The van der Waals surface area contributed by atoms with Crippen molar-refractivity contribution in [2.45, 2.75) is 26.7 Å². The Morgan fingerprint density at radius 1 is 1.30 bits per heavy atom. The summed E-state index contributed by atoms with van der Waals surface area (Å²) in [4.78, 5) is 26.9. The van der Waals surface area contributed by atoms with Gasteiger partial charge in [0.25, 0.3) is 0 Å². The average Bonchev–Trinajstić information content (AvgIpc) is 2.86. The molecule has 23 heavy (non-hydrogen) atoms. The SMILES string of the molecule is Cc1oc(-c2ccccc2)nc1CC(=O)NCC(C)CC(=O)O. The average molecular weight is 316 g/mol. The Morgan fingerprint density at radius 3 is 2.65 bits per heavy atom. The smallest absolute Gasteiger partial charge is 0.303 e. The lowest BCUT2D eigenvalue weighted by Gasteiger charge is -2.09. The van der Waals surface area contributed by atoms with Gasteiger partial charge in [-0.1, -0.05) is 25.1 Å². The van der Waals surface area contributed by atoms with E-state index >= 15 is 0 Å². The van der Waals surface area contributed by atoms with Crippen molar-refractivity contribution in [2.75, 3.05) is 6.54 Å². The zero-order valence-electron chi connectivity index (χ0n) is 13.2. The van der Waals surface area contributed by atoms with Gasteiger partial charge < -0.3 is 14.8 Å². The number of rotatable bonds is 7. The maximum absolute atomic E-state index is 12.0. The standard InChI is InChI=1S/C17H20N2O4/c1-11(8-16(21)22)10-18-15(20)9-14-12(2)23-17(19-14)13-6-4-3-5-7-13/h3-7,11H,8-10H2,1-2H3,(H,18,20)(H,21,22). The van der Waals surface area contributed by atoms with Gasteiger partial charge in [0.15, 0.2) is 0 Å². The van der Waals surface area contributed by atoms with Gasteiger partial charge in [0.2, 0.25) is 11.8 Å². The summed E-state index contributed by atoms with van der Waals surface area (Å²) in [5, 5.41) is 11.4. The minimum atomic E-state index is -0.869. The Bertz CT molecular complexity index is 679. The van der Waals surface area contributed by atoms with Crippen molar-refractivity contribution in [1.29, 1.82) is 0 Å². The van der Waals surface area contributed by atoms with Crippen LogP contribution in [-0.2, 0) is 16.0 Å². The fourth-order valence-electron chi connectivity index (χ4n) is 2.17. The number of aromatic nitrogens is 1. The number of hydrogen-bond acceptors (Lipinski definition) is 4. The molecule has 6 heteroatoms. The molecule has 0 aliphatic heterocycles. The van der Waals surface area contributed by atoms with Crippen LogP contribution in [0.25, 0.3) is 11.5 Å². The Labute approximate surface area is 134 Å². The van der Waals surface area contributed by atoms with E-state index in [2.05, 4.69) is 10.3 Å². The number of aliphatic carboxylic acids is 1. The molecule has 0 fully saturated rings. The van der Waals surface area contributed by atoms with Gasteiger partial charge in [-0.15, -0.1) is 0 Å². The number of nitrogens with one attached hydrogen (secondary N) is 1. The number of carbonyl (C=O) groups excluding carboxylic acids is 1. The van der Waals surface area contributed by atoms with Crippen LogP contribution in [0.15, 0.2) is 34.7 Å². The lowest BCUT2D eigenvalue weighted by atomic mass is 10.1. The predicted molar refractivity (Wildman–Crippen MR) is 84.8 cm³/mol. The molecule has 2 rings (SSSR count). The zero-order valence-corrected chi connectivity index (χ0v) is 13.2. The van der Waals surface area contributed by atoms with Crippen molar-refractivity contribution in [1.82, 2.24) is 10.3 Å². The molecular formula is C17H20N2O4. The number of amides is 1. The predicted octanol–water partition coefficient (Wildman–Crippen LogP) is 2.42. The van der Waals surface area contributed by atoms with E-state index in [9.17, 15) is 9.59 Å². The number of oxazole rings is 1. The number of benzene rings is 1. The van der Waals surface area contributed by atoms with Crippen molar-refractivity contribution < 1.29 is 19.1 Å². The van der Waals surface area contributed by atoms with Gasteiger partial charge in [0.05, 0.1) is 12.1 Å². The molecule has 1 aromatic heterocycles. The van der Waals surface area contributed by atoms with E-state index in [1.54, 1.807) is 13.8 Å². The lowest BCUT2D eigenvalue weighted by molar-refractivity contribution is -0.138. The van der Waals surface area contributed by atoms with Crippen LogP contribution >= 0.6 is 0 Å². The first-order chi connectivity index (χ1) is 11.0. The first-order valence-electron chi connectivity index (χ1n) is 7.46. The first-order valence-corrected chi connectivity index (χ1v) is 7.46. The second kappa shape index (κ2) is 7.58. The summed E-state index contributed by atoms with van der Waals surface area (Å²) in [5.74, 6) is -0.0812. The highest BCUT2D eigenvalue weighted by Gasteiger charge is 2.15. The first kappa shape index (κ1) is 16.7. The molecule has 0 aliphatic carbocycles. The van der Waals surface area contributed by atoms with E-state index in [4.69, 9.17) is 9.52 Å². The van der Waals surface area contributed by atoms with Crippen molar-refractivity contribution in [3.63, 3.8) is 0 Å². The molecule has 1 amide bonds. The Hall–Kier alpha value is -2.63. The zero-order chi connectivity index (χ0) is 16.8. The second-order valence-corrected chi connectivity index (χ2v) is 5.57. The Kier molecular flexibility index (Phi) is 5.51. The van der Waals surface area contributed by atoms with Crippen molar-refractivity contribution in [3.05, 3.63) is 41.8 Å². The van der Waals surface area contributed by atoms with Gasteiger partial charge >= 0.3 is 5.97 Å². The topological polar surface area (TPSA) is 92.4 Å². The van der Waals surface area contributed by atoms with Crippen molar-refractivity contribution in [2.24, 2.45) is 5.92 Å². The van der Waals surface area contributed by atoms with Gasteiger partial charge in [-0.05, 0) is 25.0 Å². The van der Waals surface area contributed by atoms with Gasteiger partial charge in [0, 0.05) is 18.5 Å². The van der Waals surface area contributed by atoms with E-state index in [1.807, 2.05) is 30.3 Å². The van der Waals surface area contributed by atoms with Crippen LogP contribution in [0.4, 0.5) is 0 Å². The molecule has 2 aromatic rings. The highest BCUT2D eigenvalue weighted by molar-refractivity contribution is 5.78. The quantitative estimate of drug-likeness (QED) is 0.818. The van der Waals surface area contributed by atoms with Crippen LogP contribution in [0, 0.1) is 12.8 Å². The molecule has 0 aliphatic rings. The Balaban J connectivity index is 1.94. The molecule has 0 saturated carbocycles. The van der Waals surface area contributed by atoms with E-state index < -0.39 is 5.97 Å². The fourth-order valence-corrected chi connectivity index (χ4v) is 2.17. The summed E-state index contributed by atoms with van der Waals surface area (Å²) in [6.45, 7) is 3.88. The van der Waals surface area contributed by atoms with E-state index in [0.29, 0.717) is 23.9 Å². The highest BCUT2D eigenvalue weighted by atomic mass is 16.4. The van der Waals surface area contributed by atoms with E-state index in [1.165, 1.54) is 0 Å². The molecule has 1 unspecified atom stereocenters. The molecular weight excluding hydrogens is 296 g/mol. The van der Waals surface area contributed by atoms with Crippen LogP contribution in [0.2, 0.25) is 0 Å². The molecule has 1 heterocycles. The number of aryl methyl sites for hydroxylation is 1. The highest BCUT2D eigenvalue weighted by Crippen LogP contribution is 2.21. The fraction of sp³-hybridized carbons (Fsp3) is 0.353. The molecule has 1 atom stereocenters. The summed E-state index contributed by atoms with van der Waals surface area (Å²) in [6, 6.07) is 9.48. The van der Waals surface area contributed by atoms with Crippen LogP contribution < -0.4 is 5.32 Å². The third-order valence-electron chi connectivity index (χ3n) is 3.41. The molecule has 122 valence electrons. The molecule has 0 spiro atoms. The molecule has 0 radical (unpaired) electrons. The van der Waals surface area contributed by atoms with Gasteiger partial charge in [0.1, 0.15) is 5.76 Å². The summed E-state index contributed by atoms with van der Waals surface area (Å²) in [5.41, 5.74) is 1.45. The lowest BCUT2D eigenvalue weighted by Crippen LogP contribution is -2.30. The monoisotopic (exact) mass is 316 g/mol. The minimum absolute atomic E-state index is 0.0292. The molecule has 0 bridgehead atoms. The van der Waals surface area contributed by atoms with Crippen LogP contribution in [0.3, 0.4) is 0 Å². The number of nitrogens with zero attached hydrogens (tertiary/aromatic N) is 1. The van der Waals surface area contributed by atoms with Crippen molar-refractivity contribution in [3.8, 4) is 11.5 Å². The molecule has 6 nitrogen and oxygen atoms in total. The summed E-state index contributed by atoms with van der Waals surface area (Å²) < 4.78 is 5.61. The minimum Gasteiger partial charge on any atom is -0.481 e. The van der Waals surface area contributed by atoms with Crippen LogP contribution in [0.1, 0.15) is 24.8 Å². The molecule has 1 aromatic carbocycles. The van der Waals surface area contributed by atoms with Gasteiger partial charge in [-0.3, -0.25) is 9.59 Å². The van der Waals surface area contributed by atoms with Crippen LogP contribution in [-0.4, -0.2) is 28.5 Å². The molecule has 2 N–H and O–H groups in total. The third kappa shape index (κ3) is 4.95. The van der Waals surface area contributed by atoms with Gasteiger partial charge in [-0.25, -0.2) is 4.98 Å². The molecule has 0 saturated heterocycles. The summed E-state index contributed by atoms with van der Waals surface area (Å²) >= 11 is 0. The van der Waals surface area contributed by atoms with E-state index in [-0.39, 0.29) is 24.7 Å². The largest absolute Gasteiger partial charge is 0.481 e. The van der Waals surface area contributed by atoms with E-state index in [0.717, 1.165) is 5.56 Å². The maximum Gasteiger partial charge on any atom is 0.303 e. The van der Waals surface area contributed by atoms with Crippen LogP contribution in [0.5, 0.6) is 0 Å². The number of carboxylic acid groups (broad SMARTS) is 1. The second-order valence-electron chi connectivity index (χ2n) is 5.57. The third-order valence-corrected chi connectivity index (χ3v) is 3.41.